The number of para-hydroxylation sites is 1. The highest BCUT2D eigenvalue weighted by atomic mass is 35.6. The smallest absolute Gasteiger partial charge is 0.339 e. The first-order valence-corrected chi connectivity index (χ1v) is 10.5. The van der Waals surface area contributed by atoms with Crippen LogP contribution in [0.5, 0.6) is 0 Å². The second-order valence-corrected chi connectivity index (χ2v) is 9.22. The van der Waals surface area contributed by atoms with Gasteiger partial charge in [0, 0.05) is 11.0 Å². The van der Waals surface area contributed by atoms with E-state index >= 15 is 0 Å². The first-order chi connectivity index (χ1) is 13.7. The number of rotatable bonds is 6. The summed E-state index contributed by atoms with van der Waals surface area (Å²) in [4.78, 5) is 24.9. The third kappa shape index (κ3) is 7.49. The van der Waals surface area contributed by atoms with Crippen molar-refractivity contribution in [3.05, 3.63) is 58.3 Å². The molecular weight excluding hydrogens is 477 g/mol. The topological polar surface area (TPSA) is 79.5 Å². The van der Waals surface area contributed by atoms with Gasteiger partial charge in [-0.15, -0.1) is 11.3 Å². The van der Waals surface area contributed by atoms with Gasteiger partial charge in [-0.05, 0) is 41.9 Å². The molecular formula is C18H16Cl3N3O3S2. The molecule has 2 aromatic rings. The zero-order chi connectivity index (χ0) is 21.4. The lowest BCUT2D eigenvalue weighted by molar-refractivity contribution is -0.117. The molecule has 1 aromatic heterocycles. The van der Waals surface area contributed by atoms with Gasteiger partial charge in [0.1, 0.15) is 6.17 Å². The number of carbonyl (C=O) groups is 2. The van der Waals surface area contributed by atoms with Crippen molar-refractivity contribution in [1.29, 1.82) is 0 Å². The second-order valence-electron chi connectivity index (χ2n) is 5.47. The van der Waals surface area contributed by atoms with E-state index < -0.39 is 21.8 Å². The highest BCUT2D eigenvalue weighted by molar-refractivity contribution is 7.80. The Morgan fingerprint density at radius 3 is 2.52 bits per heavy atom. The third-order valence-corrected chi connectivity index (χ3v) is 5.12. The molecule has 2 rings (SSSR count). The zero-order valence-electron chi connectivity index (χ0n) is 14.9. The minimum atomic E-state index is -1.90. The average molecular weight is 493 g/mol. The normalized spacial score (nSPS) is 12.3. The molecule has 1 amide bonds. The minimum Gasteiger partial charge on any atom is -0.465 e. The molecule has 154 valence electrons. The molecule has 0 spiro atoms. The number of ether oxygens (including phenoxy) is 1. The number of hydrogen-bond donors (Lipinski definition) is 3. The van der Waals surface area contributed by atoms with Crippen LogP contribution in [0.1, 0.15) is 15.2 Å². The molecule has 0 saturated carbocycles. The Hall–Kier alpha value is -1.84. The van der Waals surface area contributed by atoms with Crippen molar-refractivity contribution >= 4 is 87.1 Å². The number of methoxy groups -OCH3 is 1. The Labute approximate surface area is 192 Å². The largest absolute Gasteiger partial charge is 0.465 e. The number of benzene rings is 1. The first kappa shape index (κ1) is 23.4. The lowest BCUT2D eigenvalue weighted by Gasteiger charge is -2.27. The Kier molecular flexibility index (Phi) is 8.73. The molecule has 0 aliphatic heterocycles. The van der Waals surface area contributed by atoms with Gasteiger partial charge < -0.3 is 20.7 Å². The fourth-order valence-corrected chi connectivity index (χ4v) is 3.28. The van der Waals surface area contributed by atoms with Gasteiger partial charge in [-0.25, -0.2) is 4.79 Å². The lowest BCUT2D eigenvalue weighted by Crippen LogP contribution is -2.55. The fourth-order valence-electron chi connectivity index (χ4n) is 2.10. The maximum atomic E-state index is 12.2. The standard InChI is InChI=1S/C18H16Cl3N3O3S2/c1-27-15(26)12-6-2-3-7-13(12)22-17(28)24-16(18(19,20)21)23-14(25)9-8-11-5-4-10-29-11/h2-10,16H,1H3,(H,23,25)(H2,22,24,28). The molecule has 1 heterocycles. The molecule has 3 N–H and O–H groups in total. The van der Waals surface area contributed by atoms with Gasteiger partial charge in [0.25, 0.3) is 0 Å². The van der Waals surface area contributed by atoms with Crippen LogP contribution in [0.4, 0.5) is 5.69 Å². The predicted molar refractivity (Wildman–Crippen MR) is 123 cm³/mol. The van der Waals surface area contributed by atoms with Crippen LogP contribution in [0.2, 0.25) is 0 Å². The summed E-state index contributed by atoms with van der Waals surface area (Å²) in [5, 5.41) is 10.0. The first-order valence-electron chi connectivity index (χ1n) is 8.04. The van der Waals surface area contributed by atoms with Crippen LogP contribution in [0.3, 0.4) is 0 Å². The lowest BCUT2D eigenvalue weighted by atomic mass is 10.2. The van der Waals surface area contributed by atoms with Crippen LogP contribution in [0.25, 0.3) is 6.08 Å². The Bertz CT molecular complexity index is 899. The molecule has 0 fully saturated rings. The van der Waals surface area contributed by atoms with Crippen molar-refractivity contribution in [2.24, 2.45) is 0 Å². The van der Waals surface area contributed by atoms with Crippen molar-refractivity contribution in [3.63, 3.8) is 0 Å². The Morgan fingerprint density at radius 1 is 1.17 bits per heavy atom. The van der Waals surface area contributed by atoms with E-state index in [4.69, 9.17) is 51.8 Å². The number of anilines is 1. The summed E-state index contributed by atoms with van der Waals surface area (Å²) in [6.45, 7) is 0. The molecule has 0 aliphatic rings. The van der Waals surface area contributed by atoms with Crippen LogP contribution in [-0.2, 0) is 9.53 Å². The van der Waals surface area contributed by atoms with E-state index in [1.807, 2.05) is 17.5 Å². The van der Waals surface area contributed by atoms with Gasteiger partial charge in [-0.2, -0.15) is 0 Å². The zero-order valence-corrected chi connectivity index (χ0v) is 18.8. The molecule has 1 aromatic carbocycles. The minimum absolute atomic E-state index is 0.0280. The number of thiocarbonyl (C=S) groups is 1. The van der Waals surface area contributed by atoms with E-state index in [-0.39, 0.29) is 10.7 Å². The van der Waals surface area contributed by atoms with Gasteiger partial charge >= 0.3 is 5.97 Å². The van der Waals surface area contributed by atoms with E-state index in [1.165, 1.54) is 24.5 Å². The van der Waals surface area contributed by atoms with E-state index in [9.17, 15) is 9.59 Å². The molecule has 1 atom stereocenters. The molecule has 0 aliphatic carbocycles. The summed E-state index contributed by atoms with van der Waals surface area (Å²) < 4.78 is 2.83. The maximum Gasteiger partial charge on any atom is 0.339 e. The van der Waals surface area contributed by atoms with Crippen molar-refractivity contribution in [3.8, 4) is 0 Å². The van der Waals surface area contributed by atoms with E-state index in [0.717, 1.165) is 4.88 Å². The highest BCUT2D eigenvalue weighted by Crippen LogP contribution is 2.29. The molecule has 6 nitrogen and oxygen atoms in total. The van der Waals surface area contributed by atoms with E-state index in [0.29, 0.717) is 5.69 Å². The predicted octanol–water partition coefficient (Wildman–Crippen LogP) is 4.35. The van der Waals surface area contributed by atoms with Crippen molar-refractivity contribution in [2.45, 2.75) is 9.96 Å². The SMILES string of the molecule is COC(=O)c1ccccc1NC(=S)NC(NC(=O)C=Cc1cccs1)C(Cl)(Cl)Cl. The van der Waals surface area contributed by atoms with Gasteiger partial charge in [-0.3, -0.25) is 4.79 Å². The number of thiophene rings is 1. The Morgan fingerprint density at radius 2 is 1.90 bits per heavy atom. The van der Waals surface area contributed by atoms with Gasteiger partial charge in [0.2, 0.25) is 9.70 Å². The number of nitrogens with one attached hydrogen (secondary N) is 3. The van der Waals surface area contributed by atoms with Crippen LogP contribution >= 0.6 is 58.4 Å². The summed E-state index contributed by atoms with van der Waals surface area (Å²) in [7, 11) is 1.27. The molecule has 0 bridgehead atoms. The average Bonchev–Trinajstić information content (AvgIpc) is 3.18. The van der Waals surface area contributed by atoms with Crippen LogP contribution in [0, 0.1) is 0 Å². The summed E-state index contributed by atoms with van der Waals surface area (Å²) in [6, 6.07) is 10.3. The summed E-state index contributed by atoms with van der Waals surface area (Å²) >= 11 is 24.6. The fraction of sp³-hybridized carbons (Fsp3) is 0.167. The van der Waals surface area contributed by atoms with E-state index in [1.54, 1.807) is 30.3 Å². The number of esters is 1. The van der Waals surface area contributed by atoms with E-state index in [2.05, 4.69) is 16.0 Å². The summed E-state index contributed by atoms with van der Waals surface area (Å²) in [5.74, 6) is -1.03. The highest BCUT2D eigenvalue weighted by Gasteiger charge is 2.34. The Balaban J connectivity index is 2.06. The van der Waals surface area contributed by atoms with Crippen molar-refractivity contribution < 1.29 is 14.3 Å². The van der Waals surface area contributed by atoms with Crippen LogP contribution in [0.15, 0.2) is 47.9 Å². The number of alkyl halides is 3. The van der Waals surface area contributed by atoms with Gasteiger partial charge in [0.15, 0.2) is 5.11 Å². The number of carbonyl (C=O) groups excluding carboxylic acids is 2. The monoisotopic (exact) mass is 491 g/mol. The molecule has 29 heavy (non-hydrogen) atoms. The molecule has 0 radical (unpaired) electrons. The summed E-state index contributed by atoms with van der Waals surface area (Å²) in [6.07, 6.45) is 1.82. The maximum absolute atomic E-state index is 12.2. The van der Waals surface area contributed by atoms with Gasteiger partial charge in [0.05, 0.1) is 18.4 Å². The van der Waals surface area contributed by atoms with Crippen molar-refractivity contribution in [2.75, 3.05) is 12.4 Å². The van der Waals surface area contributed by atoms with Gasteiger partial charge in [-0.1, -0.05) is 53.0 Å². The van der Waals surface area contributed by atoms with Crippen molar-refractivity contribution in [1.82, 2.24) is 10.6 Å². The molecule has 1 unspecified atom stereocenters. The van der Waals surface area contributed by atoms with Crippen LogP contribution < -0.4 is 16.0 Å². The second kappa shape index (κ2) is 10.8. The number of amides is 1. The third-order valence-electron chi connectivity index (χ3n) is 3.41. The number of halogens is 3. The molecule has 11 heteroatoms. The summed E-state index contributed by atoms with van der Waals surface area (Å²) in [5.41, 5.74) is 0.663. The van der Waals surface area contributed by atoms with Crippen LogP contribution in [-0.4, -0.2) is 34.1 Å². The quantitative estimate of drug-likeness (QED) is 0.183. The number of hydrogen-bond acceptors (Lipinski definition) is 5. The molecule has 0 saturated heterocycles.